The van der Waals surface area contributed by atoms with Crippen molar-refractivity contribution in [2.24, 2.45) is 5.92 Å². The van der Waals surface area contributed by atoms with E-state index in [4.69, 9.17) is 0 Å². The van der Waals surface area contributed by atoms with Gasteiger partial charge in [0.15, 0.2) is 0 Å². The average molecular weight is 301 g/mol. The van der Waals surface area contributed by atoms with Crippen LogP contribution in [0.1, 0.15) is 18.9 Å². The van der Waals surface area contributed by atoms with E-state index in [2.05, 4.69) is 52.0 Å². The predicted molar refractivity (Wildman–Crippen MR) is 93.2 cm³/mol. The third-order valence-electron chi connectivity index (χ3n) is 5.36. The zero-order chi connectivity index (χ0) is 15.2. The van der Waals surface area contributed by atoms with Gasteiger partial charge in [-0.25, -0.2) is 0 Å². The first-order valence-electron chi connectivity index (χ1n) is 9.04. The predicted octanol–water partition coefficient (Wildman–Crippen LogP) is 2.19. The number of nitrogens with zero attached hydrogens (tertiary/aromatic N) is 3. The summed E-state index contributed by atoms with van der Waals surface area (Å²) in [5.41, 5.74) is 1.47. The van der Waals surface area contributed by atoms with Gasteiger partial charge in [-0.3, -0.25) is 0 Å². The molecule has 0 amide bonds. The van der Waals surface area contributed by atoms with Crippen molar-refractivity contribution < 1.29 is 0 Å². The van der Waals surface area contributed by atoms with Gasteiger partial charge < -0.3 is 14.7 Å². The van der Waals surface area contributed by atoms with Crippen molar-refractivity contribution in [3.8, 4) is 0 Å². The minimum atomic E-state index is 0.913. The van der Waals surface area contributed by atoms with Gasteiger partial charge in [0.05, 0.1) is 0 Å². The van der Waals surface area contributed by atoms with Crippen LogP contribution in [0.4, 0.5) is 0 Å². The van der Waals surface area contributed by atoms with E-state index in [9.17, 15) is 0 Å². The number of likely N-dealkylation sites (tertiary alicyclic amines) is 1. The van der Waals surface area contributed by atoms with Gasteiger partial charge in [-0.15, -0.1) is 0 Å². The highest BCUT2D eigenvalue weighted by molar-refractivity contribution is 5.14. The second-order valence-corrected chi connectivity index (χ2v) is 6.93. The summed E-state index contributed by atoms with van der Waals surface area (Å²) in [5.74, 6) is 0.913. The molecule has 0 aromatic heterocycles. The van der Waals surface area contributed by atoms with Crippen LogP contribution in [0.5, 0.6) is 0 Å². The van der Waals surface area contributed by atoms with E-state index in [1.807, 2.05) is 0 Å². The first kappa shape index (κ1) is 16.0. The fourth-order valence-electron chi connectivity index (χ4n) is 3.84. The molecule has 1 aromatic carbocycles. The van der Waals surface area contributed by atoms with E-state index in [0.29, 0.717) is 0 Å². The number of rotatable bonds is 6. The van der Waals surface area contributed by atoms with Gasteiger partial charge in [-0.05, 0) is 37.4 Å². The Hall–Kier alpha value is -0.900. The summed E-state index contributed by atoms with van der Waals surface area (Å²) in [6, 6.07) is 10.9. The molecule has 0 aliphatic carbocycles. The quantitative estimate of drug-likeness (QED) is 0.797. The van der Waals surface area contributed by atoms with E-state index < -0.39 is 0 Å². The van der Waals surface area contributed by atoms with Crippen molar-refractivity contribution >= 4 is 0 Å². The maximum atomic E-state index is 2.70. The molecular weight excluding hydrogens is 270 g/mol. The topological polar surface area (TPSA) is 9.72 Å². The van der Waals surface area contributed by atoms with Crippen LogP contribution in [0.3, 0.4) is 0 Å². The lowest BCUT2D eigenvalue weighted by Crippen LogP contribution is -2.48. The molecule has 3 rings (SSSR count). The van der Waals surface area contributed by atoms with Crippen molar-refractivity contribution in [2.45, 2.75) is 19.8 Å². The van der Waals surface area contributed by atoms with Crippen LogP contribution in [0.2, 0.25) is 0 Å². The van der Waals surface area contributed by atoms with Gasteiger partial charge in [-0.1, -0.05) is 37.3 Å². The van der Waals surface area contributed by atoms with Crippen molar-refractivity contribution in [2.75, 3.05) is 58.9 Å². The van der Waals surface area contributed by atoms with Gasteiger partial charge >= 0.3 is 0 Å². The number of piperazine rings is 1. The molecule has 1 aromatic rings. The summed E-state index contributed by atoms with van der Waals surface area (Å²) in [5, 5.41) is 0. The third kappa shape index (κ3) is 4.55. The van der Waals surface area contributed by atoms with Crippen LogP contribution < -0.4 is 0 Å². The summed E-state index contributed by atoms with van der Waals surface area (Å²) in [6.45, 7) is 13.7. The lowest BCUT2D eigenvalue weighted by Gasteiger charge is -2.36. The average Bonchev–Trinajstić information content (AvgIpc) is 3.03. The molecular formula is C19H31N3. The number of hydrogen-bond donors (Lipinski definition) is 0. The molecule has 2 saturated heterocycles. The van der Waals surface area contributed by atoms with E-state index in [1.165, 1.54) is 77.3 Å². The summed E-state index contributed by atoms with van der Waals surface area (Å²) in [4.78, 5) is 7.93. The molecule has 22 heavy (non-hydrogen) atoms. The molecule has 0 spiro atoms. The highest BCUT2D eigenvalue weighted by atomic mass is 15.3. The molecule has 0 N–H and O–H groups in total. The molecule has 0 bridgehead atoms. The molecule has 0 radical (unpaired) electrons. The van der Waals surface area contributed by atoms with E-state index in [0.717, 1.165) is 5.92 Å². The molecule has 0 saturated carbocycles. The van der Waals surface area contributed by atoms with Gasteiger partial charge in [-0.2, -0.15) is 0 Å². The van der Waals surface area contributed by atoms with E-state index in [1.54, 1.807) is 0 Å². The summed E-state index contributed by atoms with van der Waals surface area (Å²) in [6.07, 6.45) is 2.59. The van der Waals surface area contributed by atoms with Gasteiger partial charge in [0.2, 0.25) is 0 Å². The Morgan fingerprint density at radius 3 is 2.32 bits per heavy atom. The maximum Gasteiger partial charge on any atom is 0.0110 e. The fourth-order valence-corrected chi connectivity index (χ4v) is 3.84. The fraction of sp³-hybridized carbons (Fsp3) is 0.684. The van der Waals surface area contributed by atoms with Crippen LogP contribution in [-0.2, 0) is 6.42 Å². The first-order chi connectivity index (χ1) is 10.8. The van der Waals surface area contributed by atoms with Crippen molar-refractivity contribution in [3.63, 3.8) is 0 Å². The monoisotopic (exact) mass is 301 g/mol. The van der Waals surface area contributed by atoms with Crippen LogP contribution in [0.15, 0.2) is 30.3 Å². The minimum Gasteiger partial charge on any atom is -0.303 e. The maximum absolute atomic E-state index is 2.70. The lowest BCUT2D eigenvalue weighted by molar-refractivity contribution is 0.119. The van der Waals surface area contributed by atoms with Crippen LogP contribution in [0.25, 0.3) is 0 Å². The number of benzene rings is 1. The number of hydrogen-bond acceptors (Lipinski definition) is 3. The lowest BCUT2D eigenvalue weighted by atomic mass is 10.1. The second kappa shape index (κ2) is 8.09. The zero-order valence-corrected chi connectivity index (χ0v) is 14.1. The largest absolute Gasteiger partial charge is 0.303 e. The van der Waals surface area contributed by atoms with Crippen LogP contribution in [-0.4, -0.2) is 73.6 Å². The Bertz CT molecular complexity index is 426. The van der Waals surface area contributed by atoms with E-state index >= 15 is 0 Å². The van der Waals surface area contributed by atoms with E-state index in [-0.39, 0.29) is 0 Å². The third-order valence-corrected chi connectivity index (χ3v) is 5.36. The standard InChI is InChI=1S/C19H31N3/c1-2-20-10-9-19(16-20)17-22-14-12-21(13-15-22)11-8-18-6-4-3-5-7-18/h3-7,19H,2,8-17H2,1H3. The zero-order valence-electron chi connectivity index (χ0n) is 14.1. The molecule has 2 fully saturated rings. The van der Waals surface area contributed by atoms with Crippen molar-refractivity contribution in [3.05, 3.63) is 35.9 Å². The first-order valence-corrected chi connectivity index (χ1v) is 9.04. The Labute approximate surface area is 135 Å². The molecule has 2 heterocycles. The molecule has 3 nitrogen and oxygen atoms in total. The molecule has 2 aliphatic heterocycles. The Morgan fingerprint density at radius 1 is 0.909 bits per heavy atom. The SMILES string of the molecule is CCN1CCC(CN2CCN(CCc3ccccc3)CC2)C1. The smallest absolute Gasteiger partial charge is 0.0110 e. The Kier molecular flexibility index (Phi) is 5.88. The highest BCUT2D eigenvalue weighted by Gasteiger charge is 2.25. The summed E-state index contributed by atoms with van der Waals surface area (Å²) in [7, 11) is 0. The van der Waals surface area contributed by atoms with Crippen molar-refractivity contribution in [1.82, 2.24) is 14.7 Å². The van der Waals surface area contributed by atoms with Crippen LogP contribution >= 0.6 is 0 Å². The molecule has 1 atom stereocenters. The van der Waals surface area contributed by atoms with Gasteiger partial charge in [0.25, 0.3) is 0 Å². The molecule has 3 heteroatoms. The Balaban J connectivity index is 1.34. The summed E-state index contributed by atoms with van der Waals surface area (Å²) < 4.78 is 0. The normalized spacial score (nSPS) is 24.9. The molecule has 122 valence electrons. The van der Waals surface area contributed by atoms with Gasteiger partial charge in [0, 0.05) is 45.8 Å². The van der Waals surface area contributed by atoms with Crippen LogP contribution in [0, 0.1) is 5.92 Å². The highest BCUT2D eigenvalue weighted by Crippen LogP contribution is 2.18. The molecule has 2 aliphatic rings. The molecule has 1 unspecified atom stereocenters. The second-order valence-electron chi connectivity index (χ2n) is 6.93. The summed E-state index contributed by atoms with van der Waals surface area (Å²) >= 11 is 0. The van der Waals surface area contributed by atoms with Gasteiger partial charge in [0.1, 0.15) is 0 Å². The van der Waals surface area contributed by atoms with Crippen molar-refractivity contribution in [1.29, 1.82) is 0 Å². The minimum absolute atomic E-state index is 0.913. The Morgan fingerprint density at radius 2 is 1.64 bits per heavy atom.